The Kier molecular flexibility index (Phi) is 3.82. The van der Waals surface area contributed by atoms with Crippen molar-refractivity contribution in [2.45, 2.75) is 43.2 Å². The van der Waals surface area contributed by atoms with E-state index >= 15 is 0 Å². The van der Waals surface area contributed by atoms with Crippen LogP contribution in [-0.4, -0.2) is 42.5 Å². The lowest BCUT2D eigenvalue weighted by molar-refractivity contribution is -0.140. The molecule has 6 nitrogen and oxygen atoms in total. The van der Waals surface area contributed by atoms with Gasteiger partial charge in [0, 0.05) is 18.5 Å². The molecule has 0 aliphatic carbocycles. The number of aliphatic carboxylic acids is 1. The van der Waals surface area contributed by atoms with Crippen LogP contribution in [0.4, 0.5) is 0 Å². The second kappa shape index (κ2) is 5.40. The zero-order chi connectivity index (χ0) is 16.1. The first kappa shape index (κ1) is 15.6. The van der Waals surface area contributed by atoms with Crippen LogP contribution < -0.4 is 4.74 Å². The molecule has 3 rings (SSSR count). The Morgan fingerprint density at radius 3 is 2.86 bits per heavy atom. The maximum Gasteiger partial charge on any atom is 0.322 e. The predicted octanol–water partition coefficient (Wildman–Crippen LogP) is 1.90. The van der Waals surface area contributed by atoms with Crippen LogP contribution in [0.3, 0.4) is 0 Å². The summed E-state index contributed by atoms with van der Waals surface area (Å²) in [5, 5.41) is 9.43. The van der Waals surface area contributed by atoms with Gasteiger partial charge in [0.05, 0.1) is 9.92 Å². The number of carboxylic acids is 1. The Hall–Kier alpha value is -1.31. The number of halogens is 1. The van der Waals surface area contributed by atoms with Gasteiger partial charge in [0.1, 0.15) is 17.9 Å². The van der Waals surface area contributed by atoms with Crippen molar-refractivity contribution in [2.24, 2.45) is 0 Å². The zero-order valence-corrected chi connectivity index (χ0v) is 13.5. The lowest BCUT2D eigenvalue weighted by Crippen LogP contribution is -2.40. The third-order valence-corrected chi connectivity index (χ3v) is 6.18. The topological polar surface area (TPSA) is 83.9 Å². The van der Waals surface area contributed by atoms with Gasteiger partial charge in [0.25, 0.3) is 0 Å². The van der Waals surface area contributed by atoms with Crippen molar-refractivity contribution in [1.82, 2.24) is 4.31 Å². The summed E-state index contributed by atoms with van der Waals surface area (Å²) in [4.78, 5) is 11.3. The average Bonchev–Trinajstić information content (AvgIpc) is 3.04. The van der Waals surface area contributed by atoms with Crippen LogP contribution in [0.5, 0.6) is 5.75 Å². The molecule has 0 aromatic heterocycles. The second-order valence-corrected chi connectivity index (χ2v) is 7.94. The van der Waals surface area contributed by atoms with Gasteiger partial charge in [-0.2, -0.15) is 4.31 Å². The number of ether oxygens (including phenoxy) is 1. The highest BCUT2D eigenvalue weighted by Crippen LogP contribution is 2.39. The van der Waals surface area contributed by atoms with Crippen LogP contribution in [-0.2, 0) is 21.2 Å². The molecule has 2 aliphatic rings. The smallest absolute Gasteiger partial charge is 0.322 e. The number of carbonyl (C=O) groups is 1. The van der Waals surface area contributed by atoms with Crippen molar-refractivity contribution < 1.29 is 23.1 Å². The molecule has 0 spiro atoms. The molecule has 2 heterocycles. The van der Waals surface area contributed by atoms with Gasteiger partial charge in [-0.25, -0.2) is 8.42 Å². The van der Waals surface area contributed by atoms with Crippen molar-refractivity contribution in [2.75, 3.05) is 6.54 Å². The van der Waals surface area contributed by atoms with Crippen LogP contribution in [0.1, 0.15) is 25.3 Å². The standard InChI is InChI=1S/C14H16ClNO5S/c1-8-5-9-6-10(7-11(15)13(9)21-8)22(19,20)16-4-2-3-12(16)14(17)18/h6-8,12H,2-5H2,1H3,(H,17,18)/t8?,12-/m1/s1. The Morgan fingerprint density at radius 2 is 2.18 bits per heavy atom. The Morgan fingerprint density at radius 1 is 1.45 bits per heavy atom. The molecule has 8 heteroatoms. The summed E-state index contributed by atoms with van der Waals surface area (Å²) in [6.07, 6.45) is 1.40. The third-order valence-electron chi connectivity index (χ3n) is 4.02. The summed E-state index contributed by atoms with van der Waals surface area (Å²) in [6.45, 7) is 2.09. The fourth-order valence-corrected chi connectivity index (χ4v) is 5.09. The number of nitrogens with zero attached hydrogens (tertiary/aromatic N) is 1. The first-order valence-corrected chi connectivity index (χ1v) is 8.86. The van der Waals surface area contributed by atoms with Gasteiger partial charge in [-0.3, -0.25) is 4.79 Å². The Bertz CT molecular complexity index is 733. The fraction of sp³-hybridized carbons (Fsp3) is 0.500. The molecule has 2 aliphatic heterocycles. The number of carboxylic acid groups (broad SMARTS) is 1. The largest absolute Gasteiger partial charge is 0.489 e. The summed E-state index contributed by atoms with van der Waals surface area (Å²) < 4.78 is 32.1. The van der Waals surface area contributed by atoms with E-state index in [0.29, 0.717) is 25.0 Å². The van der Waals surface area contributed by atoms with Crippen LogP contribution >= 0.6 is 11.6 Å². The molecule has 22 heavy (non-hydrogen) atoms. The third kappa shape index (κ3) is 2.47. The average molecular weight is 346 g/mol. The molecule has 0 bridgehead atoms. The first-order valence-electron chi connectivity index (χ1n) is 7.04. The monoisotopic (exact) mass is 345 g/mol. The van der Waals surface area contributed by atoms with E-state index < -0.39 is 22.0 Å². The minimum absolute atomic E-state index is 0.0297. The summed E-state index contributed by atoms with van der Waals surface area (Å²) in [5.74, 6) is -0.602. The van der Waals surface area contributed by atoms with Crippen molar-refractivity contribution in [3.05, 3.63) is 22.7 Å². The number of benzene rings is 1. The fourth-order valence-electron chi connectivity index (χ4n) is 3.02. The highest BCUT2D eigenvalue weighted by molar-refractivity contribution is 7.89. The number of rotatable bonds is 3. The van der Waals surface area contributed by atoms with Gasteiger partial charge in [0.2, 0.25) is 10.0 Å². The van der Waals surface area contributed by atoms with Crippen LogP contribution in [0.2, 0.25) is 5.02 Å². The van der Waals surface area contributed by atoms with E-state index in [0.717, 1.165) is 9.87 Å². The van der Waals surface area contributed by atoms with Gasteiger partial charge in [0.15, 0.2) is 0 Å². The zero-order valence-electron chi connectivity index (χ0n) is 12.0. The predicted molar refractivity (Wildman–Crippen MR) is 79.8 cm³/mol. The normalized spacial score (nSPS) is 25.0. The Labute approximate surface area is 133 Å². The summed E-state index contributed by atoms with van der Waals surface area (Å²) >= 11 is 6.13. The van der Waals surface area contributed by atoms with Gasteiger partial charge in [-0.1, -0.05) is 11.6 Å². The highest BCUT2D eigenvalue weighted by Gasteiger charge is 2.40. The van der Waals surface area contributed by atoms with Gasteiger partial charge in [-0.05, 0) is 31.9 Å². The Balaban J connectivity index is 2.02. The quantitative estimate of drug-likeness (QED) is 0.904. The van der Waals surface area contributed by atoms with Crippen molar-refractivity contribution in [3.63, 3.8) is 0 Å². The van der Waals surface area contributed by atoms with E-state index in [1.54, 1.807) is 0 Å². The lowest BCUT2D eigenvalue weighted by atomic mass is 10.1. The van der Waals surface area contributed by atoms with E-state index in [4.69, 9.17) is 16.3 Å². The first-order chi connectivity index (χ1) is 10.3. The van der Waals surface area contributed by atoms with Gasteiger partial charge < -0.3 is 9.84 Å². The van der Waals surface area contributed by atoms with Crippen LogP contribution in [0, 0.1) is 0 Å². The molecule has 0 radical (unpaired) electrons. The van der Waals surface area contributed by atoms with E-state index in [9.17, 15) is 18.3 Å². The summed E-state index contributed by atoms with van der Waals surface area (Å²) in [5.41, 5.74) is 0.740. The van der Waals surface area contributed by atoms with E-state index in [-0.39, 0.29) is 22.6 Å². The van der Waals surface area contributed by atoms with E-state index in [1.807, 2.05) is 6.92 Å². The number of sulfonamides is 1. The molecule has 1 aromatic carbocycles. The molecule has 1 unspecified atom stereocenters. The molecular weight excluding hydrogens is 330 g/mol. The molecule has 0 saturated carbocycles. The molecule has 2 atom stereocenters. The van der Waals surface area contributed by atoms with Crippen molar-refractivity contribution in [1.29, 1.82) is 0 Å². The SMILES string of the molecule is CC1Cc2cc(S(=O)(=O)N3CCC[C@@H]3C(=O)O)cc(Cl)c2O1. The number of fused-ring (bicyclic) bond motifs is 1. The minimum Gasteiger partial charge on any atom is -0.489 e. The van der Waals surface area contributed by atoms with Gasteiger partial charge >= 0.3 is 5.97 Å². The van der Waals surface area contributed by atoms with Crippen molar-refractivity contribution in [3.8, 4) is 5.75 Å². The molecule has 0 amide bonds. The minimum atomic E-state index is -3.88. The van der Waals surface area contributed by atoms with Gasteiger partial charge in [-0.15, -0.1) is 0 Å². The number of hydrogen-bond donors (Lipinski definition) is 1. The lowest BCUT2D eigenvalue weighted by Gasteiger charge is -2.21. The summed E-state index contributed by atoms with van der Waals surface area (Å²) in [6, 6.07) is 1.87. The van der Waals surface area contributed by atoms with Crippen LogP contribution in [0.25, 0.3) is 0 Å². The molecule has 1 saturated heterocycles. The molecule has 120 valence electrons. The van der Waals surface area contributed by atoms with Crippen molar-refractivity contribution >= 4 is 27.6 Å². The highest BCUT2D eigenvalue weighted by atomic mass is 35.5. The van der Waals surface area contributed by atoms with E-state index in [1.165, 1.54) is 12.1 Å². The number of hydrogen-bond acceptors (Lipinski definition) is 4. The van der Waals surface area contributed by atoms with E-state index in [2.05, 4.69) is 0 Å². The molecule has 1 aromatic rings. The molecule has 1 N–H and O–H groups in total. The summed E-state index contributed by atoms with van der Waals surface area (Å²) in [7, 11) is -3.88. The maximum atomic E-state index is 12.7. The molecule has 1 fully saturated rings. The maximum absolute atomic E-state index is 12.7. The molecular formula is C14H16ClNO5S. The van der Waals surface area contributed by atoms with Crippen LogP contribution in [0.15, 0.2) is 17.0 Å². The second-order valence-electron chi connectivity index (χ2n) is 5.64.